The van der Waals surface area contributed by atoms with Gasteiger partial charge in [0.15, 0.2) is 0 Å². The minimum absolute atomic E-state index is 0.0114. The molecular formula is C15H16ClFN2O2. The molecule has 1 fully saturated rings. The van der Waals surface area contributed by atoms with Crippen LogP contribution in [0.2, 0.25) is 5.02 Å². The number of nitrogens with zero attached hydrogens (tertiary/aromatic N) is 1. The third kappa shape index (κ3) is 2.63. The number of nitrogens with one attached hydrogen (secondary N) is 1. The third-order valence-corrected chi connectivity index (χ3v) is 3.92. The van der Waals surface area contributed by atoms with Gasteiger partial charge in [-0.25, -0.2) is 4.39 Å². The maximum atomic E-state index is 12.9. The van der Waals surface area contributed by atoms with Crippen molar-refractivity contribution in [1.82, 2.24) is 9.88 Å². The van der Waals surface area contributed by atoms with Gasteiger partial charge in [-0.05, 0) is 19.1 Å². The molecule has 6 heteroatoms. The molecule has 1 unspecified atom stereocenters. The molecule has 0 aliphatic carbocycles. The highest BCUT2D eigenvalue weighted by Gasteiger charge is 2.25. The molecule has 1 saturated heterocycles. The van der Waals surface area contributed by atoms with Gasteiger partial charge in [0.2, 0.25) is 0 Å². The van der Waals surface area contributed by atoms with E-state index in [9.17, 15) is 9.18 Å². The number of hydrogen-bond acceptors (Lipinski definition) is 2. The number of carbonyl (C=O) groups is 1. The number of halogens is 2. The number of ether oxygens (including phenoxy) is 1. The lowest BCUT2D eigenvalue weighted by Gasteiger charge is -2.28. The first-order valence-electron chi connectivity index (χ1n) is 6.87. The zero-order valence-electron chi connectivity index (χ0n) is 11.6. The maximum absolute atomic E-state index is 12.9. The van der Waals surface area contributed by atoms with Crippen molar-refractivity contribution < 1.29 is 13.9 Å². The van der Waals surface area contributed by atoms with Crippen LogP contribution >= 0.6 is 11.6 Å². The van der Waals surface area contributed by atoms with Crippen LogP contribution in [0.1, 0.15) is 23.3 Å². The Morgan fingerprint density at radius 1 is 1.57 bits per heavy atom. The van der Waals surface area contributed by atoms with Crippen molar-refractivity contribution in [3.05, 3.63) is 35.0 Å². The fourth-order valence-electron chi connectivity index (χ4n) is 2.45. The minimum atomic E-state index is -1.09. The Labute approximate surface area is 126 Å². The summed E-state index contributed by atoms with van der Waals surface area (Å²) in [4.78, 5) is 12.3. The monoisotopic (exact) mass is 310 g/mol. The molecule has 4 nitrogen and oxygen atoms in total. The number of aromatic nitrogens is 1. The van der Waals surface area contributed by atoms with Crippen molar-refractivity contribution in [2.24, 2.45) is 0 Å². The molecule has 0 bridgehead atoms. The first-order valence-corrected chi connectivity index (χ1v) is 7.24. The van der Waals surface area contributed by atoms with Gasteiger partial charge in [0.25, 0.3) is 5.91 Å². The molecule has 0 saturated carbocycles. The van der Waals surface area contributed by atoms with Crippen molar-refractivity contribution in [3.63, 3.8) is 0 Å². The zero-order chi connectivity index (χ0) is 15.0. The summed E-state index contributed by atoms with van der Waals surface area (Å²) in [7, 11) is 0. The number of hydrogen-bond donors (Lipinski definition) is 1. The largest absolute Gasteiger partial charge is 0.377 e. The van der Waals surface area contributed by atoms with E-state index in [0.717, 1.165) is 5.52 Å². The second-order valence-corrected chi connectivity index (χ2v) is 5.67. The van der Waals surface area contributed by atoms with Crippen LogP contribution in [0.25, 0.3) is 10.9 Å². The third-order valence-electron chi connectivity index (χ3n) is 3.61. The Hall–Kier alpha value is -1.59. The number of benzene rings is 1. The minimum Gasteiger partial charge on any atom is -0.377 e. The van der Waals surface area contributed by atoms with Crippen LogP contribution in [0, 0.1) is 0 Å². The highest BCUT2D eigenvalue weighted by molar-refractivity contribution is 6.36. The van der Waals surface area contributed by atoms with Crippen LogP contribution in [0.3, 0.4) is 0 Å². The summed E-state index contributed by atoms with van der Waals surface area (Å²) < 4.78 is 20.1. The van der Waals surface area contributed by atoms with Gasteiger partial charge in [0.1, 0.15) is 6.17 Å². The van der Waals surface area contributed by atoms with Crippen molar-refractivity contribution in [1.29, 1.82) is 0 Å². The summed E-state index contributed by atoms with van der Waals surface area (Å²) in [6.45, 7) is 2.64. The Morgan fingerprint density at radius 2 is 2.33 bits per heavy atom. The lowest BCUT2D eigenvalue weighted by molar-refractivity contribution is -0.0214. The number of alkyl halides is 1. The van der Waals surface area contributed by atoms with Crippen LogP contribution in [0.5, 0.6) is 0 Å². The lowest BCUT2D eigenvalue weighted by atomic mass is 10.1. The molecule has 1 atom stereocenters. The predicted octanol–water partition coefficient (Wildman–Crippen LogP) is 2.95. The molecule has 21 heavy (non-hydrogen) atoms. The molecule has 112 valence electrons. The first-order chi connectivity index (χ1) is 10.1. The zero-order valence-corrected chi connectivity index (χ0v) is 12.4. The van der Waals surface area contributed by atoms with E-state index in [4.69, 9.17) is 16.3 Å². The maximum Gasteiger partial charge on any atom is 0.253 e. The van der Waals surface area contributed by atoms with E-state index in [2.05, 4.69) is 5.32 Å². The van der Waals surface area contributed by atoms with Crippen LogP contribution in [0.4, 0.5) is 4.39 Å². The molecule has 1 N–H and O–H groups in total. The van der Waals surface area contributed by atoms with E-state index in [1.165, 1.54) is 6.92 Å². The SMILES string of the molecule is CC(F)CNC(=O)c1cn(C2COC2)c2cccc(Cl)c12. The van der Waals surface area contributed by atoms with E-state index in [1.54, 1.807) is 12.3 Å². The van der Waals surface area contributed by atoms with Gasteiger partial charge in [-0.15, -0.1) is 0 Å². The van der Waals surface area contributed by atoms with E-state index >= 15 is 0 Å². The number of amides is 1. The summed E-state index contributed by atoms with van der Waals surface area (Å²) in [6.07, 6.45) is 0.694. The normalized spacial score (nSPS) is 16.7. The molecular weight excluding hydrogens is 295 g/mol. The first kappa shape index (κ1) is 14.4. The Kier molecular flexibility index (Phi) is 3.87. The Bertz CT molecular complexity index is 680. The molecule has 2 aromatic rings. The summed E-state index contributed by atoms with van der Waals surface area (Å²) in [5.74, 6) is -0.309. The van der Waals surface area contributed by atoms with Crippen LogP contribution in [-0.4, -0.2) is 36.4 Å². The average molecular weight is 311 g/mol. The van der Waals surface area contributed by atoms with E-state index in [1.807, 2.05) is 16.7 Å². The highest BCUT2D eigenvalue weighted by Crippen LogP contribution is 2.32. The summed E-state index contributed by atoms with van der Waals surface area (Å²) in [5, 5.41) is 3.81. The fraction of sp³-hybridized carbons (Fsp3) is 0.400. The molecule has 0 radical (unpaired) electrons. The number of rotatable bonds is 4. The van der Waals surface area contributed by atoms with Gasteiger partial charge in [-0.3, -0.25) is 4.79 Å². The topological polar surface area (TPSA) is 43.3 Å². The molecule has 1 aromatic heterocycles. The molecule has 2 heterocycles. The fourth-order valence-corrected chi connectivity index (χ4v) is 2.73. The van der Waals surface area contributed by atoms with E-state index < -0.39 is 6.17 Å². The Balaban J connectivity index is 2.03. The molecule has 1 amide bonds. The second kappa shape index (κ2) is 5.66. The van der Waals surface area contributed by atoms with Crippen molar-refractivity contribution in [2.45, 2.75) is 19.1 Å². The highest BCUT2D eigenvalue weighted by atomic mass is 35.5. The van der Waals surface area contributed by atoms with E-state index in [0.29, 0.717) is 29.2 Å². The van der Waals surface area contributed by atoms with Crippen molar-refractivity contribution in [2.75, 3.05) is 19.8 Å². The van der Waals surface area contributed by atoms with E-state index in [-0.39, 0.29) is 18.5 Å². The number of fused-ring (bicyclic) bond motifs is 1. The standard InChI is InChI=1S/C15H16ClFN2O2/c1-9(17)5-18-15(20)11-6-19(10-7-21-8-10)13-4-2-3-12(16)14(11)13/h2-4,6,9-10H,5,7-8H2,1H3,(H,18,20). The van der Waals surface area contributed by atoms with Crippen LogP contribution in [-0.2, 0) is 4.74 Å². The molecule has 0 spiro atoms. The Morgan fingerprint density at radius 3 is 2.95 bits per heavy atom. The van der Waals surface area contributed by atoms with Crippen LogP contribution < -0.4 is 5.32 Å². The van der Waals surface area contributed by atoms with Gasteiger partial charge in [0, 0.05) is 18.1 Å². The smallest absolute Gasteiger partial charge is 0.253 e. The van der Waals surface area contributed by atoms with Gasteiger partial charge in [0.05, 0.1) is 35.4 Å². The molecule has 1 aliphatic heterocycles. The van der Waals surface area contributed by atoms with Gasteiger partial charge < -0.3 is 14.6 Å². The van der Waals surface area contributed by atoms with Crippen molar-refractivity contribution >= 4 is 28.4 Å². The summed E-state index contributed by atoms with van der Waals surface area (Å²) in [6, 6.07) is 5.74. The van der Waals surface area contributed by atoms with Crippen LogP contribution in [0.15, 0.2) is 24.4 Å². The second-order valence-electron chi connectivity index (χ2n) is 5.27. The van der Waals surface area contributed by atoms with Gasteiger partial charge in [-0.1, -0.05) is 17.7 Å². The quantitative estimate of drug-likeness (QED) is 0.943. The molecule has 3 rings (SSSR count). The summed E-state index contributed by atoms with van der Waals surface area (Å²) >= 11 is 6.25. The predicted molar refractivity (Wildman–Crippen MR) is 79.7 cm³/mol. The summed E-state index contributed by atoms with van der Waals surface area (Å²) in [5.41, 5.74) is 1.37. The lowest BCUT2D eigenvalue weighted by Crippen LogP contribution is -2.30. The molecule has 1 aromatic carbocycles. The van der Waals surface area contributed by atoms with Gasteiger partial charge >= 0.3 is 0 Å². The van der Waals surface area contributed by atoms with Crippen molar-refractivity contribution in [3.8, 4) is 0 Å². The number of carbonyl (C=O) groups excluding carboxylic acids is 1. The molecule has 1 aliphatic rings. The average Bonchev–Trinajstić information content (AvgIpc) is 2.75. The van der Waals surface area contributed by atoms with Gasteiger partial charge in [-0.2, -0.15) is 0 Å².